The van der Waals surface area contributed by atoms with Gasteiger partial charge in [-0.05, 0) is 39.7 Å². The molecule has 0 aromatic carbocycles. The Bertz CT molecular complexity index is 308. The molecule has 0 aliphatic heterocycles. The second-order valence-corrected chi connectivity index (χ2v) is 6.29. The summed E-state index contributed by atoms with van der Waals surface area (Å²) in [7, 11) is 3.22. The van der Waals surface area contributed by atoms with Crippen LogP contribution in [0.5, 0.6) is 0 Å². The van der Waals surface area contributed by atoms with Crippen molar-refractivity contribution in [1.29, 1.82) is 0 Å². The minimum absolute atomic E-state index is 0.0483. The monoisotopic (exact) mass is 285 g/mol. The van der Waals surface area contributed by atoms with Gasteiger partial charge in [0.1, 0.15) is 5.54 Å². The molecule has 1 fully saturated rings. The lowest BCUT2D eigenvalue weighted by molar-refractivity contribution is -0.150. The molecule has 20 heavy (non-hydrogen) atoms. The Kier molecular flexibility index (Phi) is 6.96. The van der Waals surface area contributed by atoms with Crippen molar-refractivity contribution in [1.82, 2.24) is 5.32 Å². The highest BCUT2D eigenvalue weighted by atomic mass is 16.5. The van der Waals surface area contributed by atoms with Crippen molar-refractivity contribution in [3.8, 4) is 0 Å². The molecule has 0 spiro atoms. The number of hydrogen-bond donors (Lipinski definition) is 1. The highest BCUT2D eigenvalue weighted by molar-refractivity contribution is 5.80. The molecule has 0 aromatic rings. The Morgan fingerprint density at radius 1 is 1.45 bits per heavy atom. The van der Waals surface area contributed by atoms with Crippen molar-refractivity contribution < 1.29 is 14.3 Å². The SMILES string of the molecule is CCC1CCCC(OC(C)CC(C)(NC)C(=O)OC)C1. The van der Waals surface area contributed by atoms with Crippen molar-refractivity contribution >= 4 is 5.97 Å². The smallest absolute Gasteiger partial charge is 0.325 e. The molecule has 1 rings (SSSR count). The summed E-state index contributed by atoms with van der Waals surface area (Å²) in [4.78, 5) is 11.9. The first-order valence-electron chi connectivity index (χ1n) is 7.88. The zero-order valence-corrected chi connectivity index (χ0v) is 13.7. The predicted molar refractivity (Wildman–Crippen MR) is 80.7 cm³/mol. The Morgan fingerprint density at radius 2 is 2.15 bits per heavy atom. The summed E-state index contributed by atoms with van der Waals surface area (Å²) in [6, 6.07) is 0. The van der Waals surface area contributed by atoms with Crippen molar-refractivity contribution in [2.75, 3.05) is 14.2 Å². The standard InChI is InChI=1S/C16H31NO3/c1-6-13-8-7-9-14(10-13)20-12(2)11-16(3,17-4)15(18)19-5/h12-14,17H,6-11H2,1-5H3. The maximum absolute atomic E-state index is 11.9. The highest BCUT2D eigenvalue weighted by Gasteiger charge is 2.35. The predicted octanol–water partition coefficient (Wildman–Crippen LogP) is 2.90. The van der Waals surface area contributed by atoms with E-state index in [-0.39, 0.29) is 12.1 Å². The lowest BCUT2D eigenvalue weighted by atomic mass is 9.85. The van der Waals surface area contributed by atoms with E-state index in [2.05, 4.69) is 12.2 Å². The zero-order chi connectivity index (χ0) is 15.2. The van der Waals surface area contributed by atoms with Gasteiger partial charge in [-0.2, -0.15) is 0 Å². The van der Waals surface area contributed by atoms with Crippen LogP contribution >= 0.6 is 0 Å². The van der Waals surface area contributed by atoms with Crippen LogP contribution in [0.3, 0.4) is 0 Å². The summed E-state index contributed by atoms with van der Waals surface area (Å²) < 4.78 is 11.0. The molecule has 1 aliphatic rings. The molecule has 0 amide bonds. The average molecular weight is 285 g/mol. The van der Waals surface area contributed by atoms with E-state index in [0.717, 1.165) is 18.8 Å². The summed E-state index contributed by atoms with van der Waals surface area (Å²) in [5.74, 6) is 0.572. The van der Waals surface area contributed by atoms with Crippen molar-refractivity contribution in [3.63, 3.8) is 0 Å². The fourth-order valence-corrected chi connectivity index (χ4v) is 3.20. The molecule has 0 radical (unpaired) electrons. The maximum Gasteiger partial charge on any atom is 0.325 e. The summed E-state index contributed by atoms with van der Waals surface area (Å²) in [5.41, 5.74) is -0.674. The van der Waals surface area contributed by atoms with E-state index in [9.17, 15) is 4.79 Å². The third kappa shape index (κ3) is 4.74. The van der Waals surface area contributed by atoms with E-state index in [4.69, 9.17) is 9.47 Å². The van der Waals surface area contributed by atoms with E-state index in [0.29, 0.717) is 12.5 Å². The molecule has 0 saturated heterocycles. The van der Waals surface area contributed by atoms with E-state index in [1.165, 1.54) is 26.4 Å². The molecule has 1 aliphatic carbocycles. The minimum Gasteiger partial charge on any atom is -0.468 e. The van der Waals surface area contributed by atoms with Crippen LogP contribution in [0.15, 0.2) is 0 Å². The molecule has 0 aromatic heterocycles. The van der Waals surface area contributed by atoms with Crippen LogP contribution in [-0.2, 0) is 14.3 Å². The first-order chi connectivity index (χ1) is 9.45. The van der Waals surface area contributed by atoms with Crippen LogP contribution in [0.1, 0.15) is 59.3 Å². The summed E-state index contributed by atoms with van der Waals surface area (Å²) in [5, 5.41) is 3.06. The number of nitrogens with one attached hydrogen (secondary N) is 1. The zero-order valence-electron chi connectivity index (χ0n) is 13.7. The van der Waals surface area contributed by atoms with E-state index >= 15 is 0 Å². The van der Waals surface area contributed by atoms with Gasteiger partial charge >= 0.3 is 5.97 Å². The molecular weight excluding hydrogens is 254 g/mol. The number of likely N-dealkylation sites (N-methyl/N-ethyl adjacent to an activating group) is 1. The van der Waals surface area contributed by atoms with Gasteiger partial charge in [-0.1, -0.05) is 26.2 Å². The van der Waals surface area contributed by atoms with Gasteiger partial charge in [-0.3, -0.25) is 4.79 Å². The third-order valence-corrected chi connectivity index (χ3v) is 4.62. The number of carbonyl (C=O) groups excluding carboxylic acids is 1. The van der Waals surface area contributed by atoms with E-state index < -0.39 is 5.54 Å². The number of hydrogen-bond acceptors (Lipinski definition) is 4. The molecule has 4 heteroatoms. The van der Waals surface area contributed by atoms with Crippen LogP contribution in [0, 0.1) is 5.92 Å². The molecular formula is C16H31NO3. The normalized spacial score (nSPS) is 27.6. The fraction of sp³-hybridized carbons (Fsp3) is 0.938. The quantitative estimate of drug-likeness (QED) is 0.731. The lowest BCUT2D eigenvalue weighted by Gasteiger charge is -2.34. The largest absolute Gasteiger partial charge is 0.468 e. The topological polar surface area (TPSA) is 47.6 Å². The van der Waals surface area contributed by atoms with Crippen molar-refractivity contribution in [2.24, 2.45) is 5.92 Å². The lowest BCUT2D eigenvalue weighted by Crippen LogP contribution is -2.50. The summed E-state index contributed by atoms with van der Waals surface area (Å²) in [6.45, 7) is 6.17. The molecule has 0 bridgehead atoms. The maximum atomic E-state index is 11.9. The van der Waals surface area contributed by atoms with Gasteiger partial charge in [-0.25, -0.2) is 0 Å². The number of rotatable bonds is 7. The van der Waals surface area contributed by atoms with E-state index in [1.807, 2.05) is 13.8 Å². The summed E-state index contributed by atoms with van der Waals surface area (Å²) in [6.07, 6.45) is 7.17. The van der Waals surface area contributed by atoms with Crippen molar-refractivity contribution in [2.45, 2.75) is 77.0 Å². The number of ether oxygens (including phenoxy) is 2. The van der Waals surface area contributed by atoms with Gasteiger partial charge < -0.3 is 14.8 Å². The molecule has 4 atom stereocenters. The second-order valence-electron chi connectivity index (χ2n) is 6.29. The molecule has 1 saturated carbocycles. The van der Waals surface area contributed by atoms with Crippen LogP contribution in [0.4, 0.5) is 0 Å². The van der Waals surface area contributed by atoms with Gasteiger partial charge in [0.15, 0.2) is 0 Å². The Balaban J connectivity index is 2.49. The van der Waals surface area contributed by atoms with Gasteiger partial charge in [0.2, 0.25) is 0 Å². The van der Waals surface area contributed by atoms with Crippen LogP contribution in [0.25, 0.3) is 0 Å². The van der Waals surface area contributed by atoms with Gasteiger partial charge in [0.05, 0.1) is 19.3 Å². The molecule has 118 valence electrons. The van der Waals surface area contributed by atoms with Crippen LogP contribution < -0.4 is 5.32 Å². The van der Waals surface area contributed by atoms with Gasteiger partial charge in [0, 0.05) is 6.42 Å². The minimum atomic E-state index is -0.674. The first kappa shape index (κ1) is 17.4. The fourth-order valence-electron chi connectivity index (χ4n) is 3.20. The average Bonchev–Trinajstić information content (AvgIpc) is 2.46. The Hall–Kier alpha value is -0.610. The Morgan fingerprint density at radius 3 is 2.70 bits per heavy atom. The molecule has 1 N–H and O–H groups in total. The highest BCUT2D eigenvalue weighted by Crippen LogP contribution is 2.30. The van der Waals surface area contributed by atoms with Crippen molar-refractivity contribution in [3.05, 3.63) is 0 Å². The summed E-state index contributed by atoms with van der Waals surface area (Å²) >= 11 is 0. The number of esters is 1. The van der Waals surface area contributed by atoms with Crippen LogP contribution in [-0.4, -0.2) is 37.9 Å². The van der Waals surface area contributed by atoms with E-state index in [1.54, 1.807) is 7.05 Å². The molecule has 4 unspecified atom stereocenters. The number of methoxy groups -OCH3 is 1. The first-order valence-corrected chi connectivity index (χ1v) is 7.88. The molecule has 0 heterocycles. The molecule has 4 nitrogen and oxygen atoms in total. The van der Waals surface area contributed by atoms with Gasteiger partial charge in [0.25, 0.3) is 0 Å². The number of carbonyl (C=O) groups is 1. The second kappa shape index (κ2) is 7.99. The third-order valence-electron chi connectivity index (χ3n) is 4.62. The van der Waals surface area contributed by atoms with Crippen LogP contribution in [0.2, 0.25) is 0 Å². The van der Waals surface area contributed by atoms with Gasteiger partial charge in [-0.15, -0.1) is 0 Å². The Labute approximate surface area is 123 Å².